The molecular formula is C10H16N4O3. The maximum Gasteiger partial charge on any atom is 0.280 e. The Hall–Kier alpha value is -1.63. The molecule has 7 nitrogen and oxygen atoms in total. The Labute approximate surface area is 98.9 Å². The Morgan fingerprint density at radius 2 is 2.35 bits per heavy atom. The molecule has 0 bridgehead atoms. The summed E-state index contributed by atoms with van der Waals surface area (Å²) in [5.74, 6) is 0.220. The van der Waals surface area contributed by atoms with Crippen molar-refractivity contribution in [3.8, 4) is 0 Å². The van der Waals surface area contributed by atoms with E-state index in [2.05, 4.69) is 21.9 Å². The number of ether oxygens (including phenoxy) is 1. The van der Waals surface area contributed by atoms with E-state index >= 15 is 0 Å². The van der Waals surface area contributed by atoms with Crippen LogP contribution in [0.2, 0.25) is 0 Å². The van der Waals surface area contributed by atoms with Crippen LogP contribution in [0.5, 0.6) is 0 Å². The molecule has 0 aromatic carbocycles. The first-order valence-corrected chi connectivity index (χ1v) is 5.53. The SMILES string of the molecule is COC1CN(C(=O)c2nonc2N)CCC1C. The summed E-state index contributed by atoms with van der Waals surface area (Å²) in [5.41, 5.74) is 5.57. The molecule has 1 aromatic heterocycles. The molecule has 2 rings (SSSR count). The molecule has 1 aliphatic heterocycles. The average molecular weight is 240 g/mol. The largest absolute Gasteiger partial charge is 0.379 e. The molecule has 7 heteroatoms. The lowest BCUT2D eigenvalue weighted by Gasteiger charge is -2.35. The first-order chi connectivity index (χ1) is 8.13. The van der Waals surface area contributed by atoms with Gasteiger partial charge in [-0.2, -0.15) is 0 Å². The molecule has 1 fully saturated rings. The number of hydrogen-bond donors (Lipinski definition) is 1. The highest BCUT2D eigenvalue weighted by Gasteiger charge is 2.31. The van der Waals surface area contributed by atoms with Gasteiger partial charge in [0, 0.05) is 20.2 Å². The summed E-state index contributed by atoms with van der Waals surface area (Å²) in [7, 11) is 1.65. The summed E-state index contributed by atoms with van der Waals surface area (Å²) in [5, 5.41) is 6.92. The van der Waals surface area contributed by atoms with Crippen LogP contribution in [0, 0.1) is 5.92 Å². The van der Waals surface area contributed by atoms with Crippen LogP contribution in [0.1, 0.15) is 23.8 Å². The van der Waals surface area contributed by atoms with Crippen molar-refractivity contribution in [1.82, 2.24) is 15.2 Å². The topological polar surface area (TPSA) is 94.5 Å². The number of rotatable bonds is 2. The van der Waals surface area contributed by atoms with Crippen molar-refractivity contribution < 1.29 is 14.2 Å². The quantitative estimate of drug-likeness (QED) is 0.790. The Morgan fingerprint density at radius 3 is 2.94 bits per heavy atom. The van der Waals surface area contributed by atoms with E-state index in [4.69, 9.17) is 10.5 Å². The summed E-state index contributed by atoms with van der Waals surface area (Å²) < 4.78 is 9.77. The molecule has 2 heterocycles. The van der Waals surface area contributed by atoms with Gasteiger partial charge in [-0.15, -0.1) is 0 Å². The summed E-state index contributed by atoms with van der Waals surface area (Å²) in [6.07, 6.45) is 0.948. The second-order valence-corrected chi connectivity index (χ2v) is 4.29. The number of piperidine rings is 1. The van der Waals surface area contributed by atoms with E-state index < -0.39 is 0 Å². The number of nitrogens with zero attached hydrogens (tertiary/aromatic N) is 3. The fourth-order valence-corrected chi connectivity index (χ4v) is 2.02. The van der Waals surface area contributed by atoms with Crippen LogP contribution in [0.4, 0.5) is 5.82 Å². The van der Waals surface area contributed by atoms with E-state index in [1.807, 2.05) is 0 Å². The minimum absolute atomic E-state index is 0.0302. The number of likely N-dealkylation sites (tertiary alicyclic amines) is 1. The smallest absolute Gasteiger partial charge is 0.280 e. The number of aromatic nitrogens is 2. The van der Waals surface area contributed by atoms with Crippen LogP contribution in [0.25, 0.3) is 0 Å². The predicted molar refractivity (Wildman–Crippen MR) is 59.2 cm³/mol. The normalized spacial score (nSPS) is 24.9. The first kappa shape index (κ1) is 11.8. The lowest BCUT2D eigenvalue weighted by molar-refractivity contribution is -0.00188. The standard InChI is InChI=1S/C10H16N4O3/c1-6-3-4-14(5-7(6)16-2)10(15)8-9(11)13-17-12-8/h6-7H,3-5H2,1-2H3,(H2,11,13). The Balaban J connectivity index is 2.09. The van der Waals surface area contributed by atoms with Crippen LogP contribution in [-0.4, -0.2) is 47.4 Å². The third-order valence-electron chi connectivity index (χ3n) is 3.20. The Bertz CT molecular complexity index is 406. The van der Waals surface area contributed by atoms with E-state index in [-0.39, 0.29) is 23.5 Å². The van der Waals surface area contributed by atoms with Crippen molar-refractivity contribution in [3.05, 3.63) is 5.69 Å². The van der Waals surface area contributed by atoms with Gasteiger partial charge < -0.3 is 15.4 Å². The number of amides is 1. The lowest BCUT2D eigenvalue weighted by atomic mass is 9.95. The molecule has 1 amide bonds. The molecular weight excluding hydrogens is 224 g/mol. The highest BCUT2D eigenvalue weighted by atomic mass is 16.6. The molecule has 1 aliphatic rings. The van der Waals surface area contributed by atoms with Crippen molar-refractivity contribution in [2.45, 2.75) is 19.4 Å². The van der Waals surface area contributed by atoms with Crippen molar-refractivity contribution in [2.24, 2.45) is 5.92 Å². The first-order valence-electron chi connectivity index (χ1n) is 5.53. The maximum absolute atomic E-state index is 12.1. The van der Waals surface area contributed by atoms with Crippen LogP contribution in [0.3, 0.4) is 0 Å². The molecule has 0 spiro atoms. The zero-order valence-electron chi connectivity index (χ0n) is 9.92. The van der Waals surface area contributed by atoms with E-state index in [9.17, 15) is 4.79 Å². The third-order valence-corrected chi connectivity index (χ3v) is 3.20. The molecule has 0 aliphatic carbocycles. The van der Waals surface area contributed by atoms with Gasteiger partial charge in [0.05, 0.1) is 6.10 Å². The second kappa shape index (κ2) is 4.70. The zero-order valence-corrected chi connectivity index (χ0v) is 9.92. The second-order valence-electron chi connectivity index (χ2n) is 4.29. The predicted octanol–water partition coefficient (Wildman–Crippen LogP) is 0.149. The molecule has 17 heavy (non-hydrogen) atoms. The lowest BCUT2D eigenvalue weighted by Crippen LogP contribution is -2.46. The summed E-state index contributed by atoms with van der Waals surface area (Å²) in [6, 6.07) is 0. The molecule has 0 radical (unpaired) electrons. The average Bonchev–Trinajstić information content (AvgIpc) is 2.75. The third kappa shape index (κ3) is 2.23. The molecule has 2 atom stereocenters. The van der Waals surface area contributed by atoms with E-state index in [1.54, 1.807) is 12.0 Å². The van der Waals surface area contributed by atoms with Gasteiger partial charge in [-0.1, -0.05) is 6.92 Å². The number of hydrogen-bond acceptors (Lipinski definition) is 6. The van der Waals surface area contributed by atoms with Gasteiger partial charge in [-0.05, 0) is 22.7 Å². The van der Waals surface area contributed by atoms with Gasteiger partial charge >= 0.3 is 0 Å². The monoisotopic (exact) mass is 240 g/mol. The fourth-order valence-electron chi connectivity index (χ4n) is 2.02. The number of anilines is 1. The van der Waals surface area contributed by atoms with Gasteiger partial charge in [0.25, 0.3) is 5.91 Å². The molecule has 1 saturated heterocycles. The highest BCUT2D eigenvalue weighted by Crippen LogP contribution is 2.21. The number of nitrogen functional groups attached to an aromatic ring is 1. The van der Waals surface area contributed by atoms with E-state index in [0.29, 0.717) is 19.0 Å². The van der Waals surface area contributed by atoms with Crippen molar-refractivity contribution in [1.29, 1.82) is 0 Å². The zero-order chi connectivity index (χ0) is 12.4. The van der Waals surface area contributed by atoms with Crippen molar-refractivity contribution >= 4 is 11.7 Å². The van der Waals surface area contributed by atoms with Crippen molar-refractivity contribution in [3.63, 3.8) is 0 Å². The summed E-state index contributed by atoms with van der Waals surface area (Å²) in [4.78, 5) is 13.7. The van der Waals surface area contributed by atoms with Gasteiger partial charge in [0.15, 0.2) is 0 Å². The van der Waals surface area contributed by atoms with Gasteiger partial charge in [0.2, 0.25) is 11.5 Å². The minimum atomic E-state index is -0.252. The fraction of sp³-hybridized carbons (Fsp3) is 0.700. The molecule has 0 saturated carbocycles. The van der Waals surface area contributed by atoms with Gasteiger partial charge in [-0.25, -0.2) is 4.63 Å². The van der Waals surface area contributed by atoms with Gasteiger partial charge in [-0.3, -0.25) is 4.79 Å². The summed E-state index contributed by atoms with van der Waals surface area (Å²) >= 11 is 0. The number of nitrogens with two attached hydrogens (primary N) is 1. The molecule has 1 aromatic rings. The minimum Gasteiger partial charge on any atom is -0.379 e. The molecule has 94 valence electrons. The van der Waals surface area contributed by atoms with Crippen LogP contribution >= 0.6 is 0 Å². The molecule has 2 N–H and O–H groups in total. The number of methoxy groups -OCH3 is 1. The summed E-state index contributed by atoms with van der Waals surface area (Å²) in [6.45, 7) is 3.33. The van der Waals surface area contributed by atoms with E-state index in [0.717, 1.165) is 6.42 Å². The van der Waals surface area contributed by atoms with Crippen LogP contribution in [0.15, 0.2) is 4.63 Å². The van der Waals surface area contributed by atoms with Crippen molar-refractivity contribution in [2.75, 3.05) is 25.9 Å². The number of carbonyl (C=O) groups excluding carboxylic acids is 1. The highest BCUT2D eigenvalue weighted by molar-refractivity contribution is 5.96. The Kier molecular flexibility index (Phi) is 3.28. The van der Waals surface area contributed by atoms with Crippen LogP contribution < -0.4 is 5.73 Å². The number of carbonyl (C=O) groups is 1. The van der Waals surface area contributed by atoms with E-state index in [1.165, 1.54) is 0 Å². The van der Waals surface area contributed by atoms with Crippen LogP contribution in [-0.2, 0) is 4.74 Å². The molecule has 2 unspecified atom stereocenters. The maximum atomic E-state index is 12.1. The Morgan fingerprint density at radius 1 is 1.59 bits per heavy atom. The van der Waals surface area contributed by atoms with Gasteiger partial charge in [0.1, 0.15) is 0 Å².